The summed E-state index contributed by atoms with van der Waals surface area (Å²) in [6.07, 6.45) is -4.46. The molecule has 0 aromatic heterocycles. The minimum absolute atomic E-state index is 0.0946. The summed E-state index contributed by atoms with van der Waals surface area (Å²) in [7, 11) is 0. The van der Waals surface area contributed by atoms with E-state index in [2.05, 4.69) is 36.6 Å². The lowest BCUT2D eigenvalue weighted by molar-refractivity contribution is -0.153. The lowest BCUT2D eigenvalue weighted by Crippen LogP contribution is -2.20. The molecule has 0 atom stereocenters. The number of hydrogen-bond acceptors (Lipinski definition) is 3. The van der Waals surface area contributed by atoms with Crippen molar-refractivity contribution in [1.82, 2.24) is 0 Å². The zero-order chi connectivity index (χ0) is 14.6. The lowest BCUT2D eigenvalue weighted by Gasteiger charge is -2.14. The van der Waals surface area contributed by atoms with E-state index in [0.717, 1.165) is 0 Å². The summed E-state index contributed by atoms with van der Waals surface area (Å²) in [5.41, 5.74) is 0.0993. The zero-order valence-electron chi connectivity index (χ0n) is 9.68. The van der Waals surface area contributed by atoms with Crippen LogP contribution in [-0.4, -0.2) is 25.4 Å². The minimum atomic E-state index is -4.46. The number of esters is 1. The van der Waals surface area contributed by atoms with Crippen molar-refractivity contribution in [3.05, 3.63) is 26.6 Å². The Kier molecular flexibility index (Phi) is 5.66. The molecule has 0 aliphatic rings. The average Bonchev–Trinajstić information content (AvgIpc) is 2.27. The summed E-state index contributed by atoms with van der Waals surface area (Å²) in [6.45, 7) is 0.349. The van der Waals surface area contributed by atoms with Crippen LogP contribution in [-0.2, 0) is 4.74 Å². The number of carbonyl (C=O) groups excluding carboxylic acids is 1. The molecule has 8 heteroatoms. The molecule has 0 amide bonds. The van der Waals surface area contributed by atoms with E-state index in [1.165, 1.54) is 12.1 Å². The first kappa shape index (κ1) is 16.3. The van der Waals surface area contributed by atoms with Gasteiger partial charge in [0.15, 0.2) is 6.61 Å². The second-order valence-electron chi connectivity index (χ2n) is 3.36. The van der Waals surface area contributed by atoms with Crippen LogP contribution >= 0.6 is 31.9 Å². The fourth-order valence-electron chi connectivity index (χ4n) is 1.19. The number of hydrogen-bond donors (Lipinski definition) is 0. The zero-order valence-corrected chi connectivity index (χ0v) is 12.9. The van der Waals surface area contributed by atoms with Gasteiger partial charge in [0.25, 0.3) is 0 Å². The highest BCUT2D eigenvalue weighted by molar-refractivity contribution is 9.11. The van der Waals surface area contributed by atoms with Crippen LogP contribution in [0.1, 0.15) is 17.3 Å². The van der Waals surface area contributed by atoms with Gasteiger partial charge in [0, 0.05) is 0 Å². The van der Waals surface area contributed by atoms with Crippen LogP contribution in [0.4, 0.5) is 13.2 Å². The van der Waals surface area contributed by atoms with Crippen LogP contribution < -0.4 is 4.74 Å². The summed E-state index contributed by atoms with van der Waals surface area (Å²) >= 11 is 6.11. The van der Waals surface area contributed by atoms with Crippen molar-refractivity contribution in [3.8, 4) is 5.75 Å². The molecule has 0 bridgehead atoms. The predicted octanol–water partition coefficient (Wildman–Crippen LogP) is 4.33. The summed E-state index contributed by atoms with van der Waals surface area (Å²) in [5, 5.41) is 0. The average molecular weight is 406 g/mol. The van der Waals surface area contributed by atoms with E-state index < -0.39 is 18.8 Å². The molecule has 0 heterocycles. The van der Waals surface area contributed by atoms with Gasteiger partial charge in [-0.15, -0.1) is 0 Å². The Morgan fingerprint density at radius 1 is 1.32 bits per heavy atom. The number of ether oxygens (including phenoxy) is 2. The van der Waals surface area contributed by atoms with Crippen molar-refractivity contribution in [2.24, 2.45) is 0 Å². The molecule has 106 valence electrons. The molecule has 0 unspecified atom stereocenters. The Bertz CT molecular complexity index is 475. The molecule has 3 nitrogen and oxygen atoms in total. The van der Waals surface area contributed by atoms with Crippen LogP contribution in [0.25, 0.3) is 0 Å². The molecule has 1 aromatic carbocycles. The number of benzene rings is 1. The monoisotopic (exact) mass is 404 g/mol. The molecule has 0 aliphatic carbocycles. The lowest BCUT2D eigenvalue weighted by atomic mass is 10.2. The van der Waals surface area contributed by atoms with Crippen molar-refractivity contribution in [2.45, 2.75) is 13.1 Å². The fourth-order valence-corrected chi connectivity index (χ4v) is 2.52. The third kappa shape index (κ3) is 4.68. The third-order valence-electron chi connectivity index (χ3n) is 1.92. The van der Waals surface area contributed by atoms with Crippen LogP contribution in [0.5, 0.6) is 5.75 Å². The summed E-state index contributed by atoms with van der Waals surface area (Å²) in [5.74, 6) is -0.735. The Balaban J connectivity index is 3.04. The maximum Gasteiger partial charge on any atom is 0.422 e. The fraction of sp³-hybridized carbons (Fsp3) is 0.364. The first-order valence-electron chi connectivity index (χ1n) is 5.11. The first-order valence-corrected chi connectivity index (χ1v) is 6.69. The maximum absolute atomic E-state index is 12.1. The van der Waals surface area contributed by atoms with Gasteiger partial charge < -0.3 is 9.47 Å². The molecule has 0 fully saturated rings. The van der Waals surface area contributed by atoms with Gasteiger partial charge in [0.05, 0.1) is 21.1 Å². The Labute approximate surface area is 124 Å². The van der Waals surface area contributed by atoms with Crippen LogP contribution in [0.15, 0.2) is 21.1 Å². The molecule has 0 spiro atoms. The molecule has 19 heavy (non-hydrogen) atoms. The Hall–Kier alpha value is -0.760. The van der Waals surface area contributed by atoms with Gasteiger partial charge in [0.2, 0.25) is 0 Å². The highest BCUT2D eigenvalue weighted by atomic mass is 79.9. The van der Waals surface area contributed by atoms with Crippen molar-refractivity contribution in [3.63, 3.8) is 0 Å². The third-order valence-corrected chi connectivity index (χ3v) is 3.34. The van der Waals surface area contributed by atoms with E-state index in [9.17, 15) is 18.0 Å². The van der Waals surface area contributed by atoms with Gasteiger partial charge in [-0.3, -0.25) is 0 Å². The molecule has 0 radical (unpaired) electrons. The van der Waals surface area contributed by atoms with Crippen molar-refractivity contribution < 1.29 is 27.4 Å². The highest BCUT2D eigenvalue weighted by Crippen LogP contribution is 2.37. The quantitative estimate of drug-likeness (QED) is 0.699. The SMILES string of the molecule is CCOC(=O)c1ccc(Br)c(OCC(F)(F)F)c1Br. The number of rotatable bonds is 4. The van der Waals surface area contributed by atoms with Gasteiger partial charge >= 0.3 is 12.1 Å². The summed E-state index contributed by atoms with van der Waals surface area (Å²) < 4.78 is 46.3. The van der Waals surface area contributed by atoms with Crippen molar-refractivity contribution in [2.75, 3.05) is 13.2 Å². The smallest absolute Gasteiger partial charge is 0.422 e. The second kappa shape index (κ2) is 6.60. The van der Waals surface area contributed by atoms with Crippen molar-refractivity contribution in [1.29, 1.82) is 0 Å². The molecule has 0 saturated heterocycles. The molecule has 1 aromatic rings. The maximum atomic E-state index is 12.1. The summed E-state index contributed by atoms with van der Waals surface area (Å²) in [4.78, 5) is 11.6. The Morgan fingerprint density at radius 2 is 1.95 bits per heavy atom. The van der Waals surface area contributed by atoms with E-state index in [4.69, 9.17) is 4.74 Å². The van der Waals surface area contributed by atoms with E-state index >= 15 is 0 Å². The Morgan fingerprint density at radius 3 is 2.47 bits per heavy atom. The van der Waals surface area contributed by atoms with Crippen LogP contribution in [0, 0.1) is 0 Å². The van der Waals surface area contributed by atoms with Gasteiger partial charge in [0.1, 0.15) is 5.75 Å². The molecule has 0 N–H and O–H groups in total. The number of carbonyl (C=O) groups is 1. The van der Waals surface area contributed by atoms with Crippen LogP contribution in [0.3, 0.4) is 0 Å². The number of halogens is 5. The largest absolute Gasteiger partial charge is 0.482 e. The predicted molar refractivity (Wildman–Crippen MR) is 69.3 cm³/mol. The van der Waals surface area contributed by atoms with E-state index in [-0.39, 0.29) is 22.4 Å². The van der Waals surface area contributed by atoms with Gasteiger partial charge in [-0.05, 0) is 50.9 Å². The number of alkyl halides is 3. The second-order valence-corrected chi connectivity index (χ2v) is 5.01. The topological polar surface area (TPSA) is 35.5 Å². The van der Waals surface area contributed by atoms with Crippen LogP contribution in [0.2, 0.25) is 0 Å². The molecule has 0 aliphatic heterocycles. The van der Waals surface area contributed by atoms with E-state index in [1.54, 1.807) is 6.92 Å². The van der Waals surface area contributed by atoms with Gasteiger partial charge in [-0.25, -0.2) is 4.79 Å². The minimum Gasteiger partial charge on any atom is -0.482 e. The standard InChI is InChI=1S/C11H9Br2F3O3/c1-2-18-10(17)6-3-4-7(12)9(8(6)13)19-5-11(14,15)16/h3-4H,2,5H2,1H3. The molecular weight excluding hydrogens is 397 g/mol. The van der Waals surface area contributed by atoms with E-state index in [1.807, 2.05) is 0 Å². The van der Waals surface area contributed by atoms with Gasteiger partial charge in [-0.1, -0.05) is 0 Å². The highest BCUT2D eigenvalue weighted by Gasteiger charge is 2.30. The molecule has 1 rings (SSSR count). The van der Waals surface area contributed by atoms with Crippen molar-refractivity contribution >= 4 is 37.8 Å². The van der Waals surface area contributed by atoms with Gasteiger partial charge in [-0.2, -0.15) is 13.2 Å². The first-order chi connectivity index (χ1) is 8.76. The normalized spacial score (nSPS) is 11.3. The molecular formula is C11H9Br2F3O3. The molecule has 0 saturated carbocycles. The van der Waals surface area contributed by atoms with E-state index in [0.29, 0.717) is 4.47 Å². The summed E-state index contributed by atoms with van der Waals surface area (Å²) in [6, 6.07) is 2.84.